The Hall–Kier alpha value is -2.77. The van der Waals surface area contributed by atoms with Gasteiger partial charge in [0.2, 0.25) is 5.95 Å². The van der Waals surface area contributed by atoms with Crippen LogP contribution < -0.4 is 15.0 Å². The fraction of sp³-hybridized carbons (Fsp3) is 0.308. The van der Waals surface area contributed by atoms with Crippen LogP contribution in [0.3, 0.4) is 0 Å². The minimum atomic E-state index is -0.242. The summed E-state index contributed by atoms with van der Waals surface area (Å²) in [7, 11) is 5.10. The number of pyridine rings is 1. The van der Waals surface area contributed by atoms with Crippen LogP contribution in [0, 0.1) is 0 Å². The SMILES string of the molecule is COc1nc(CNC(=O)c2cccnc2)nc(N(C)C)n1. The number of rotatable bonds is 5. The lowest BCUT2D eigenvalue weighted by molar-refractivity contribution is 0.0949. The number of hydrogen-bond acceptors (Lipinski definition) is 7. The molecule has 110 valence electrons. The van der Waals surface area contributed by atoms with E-state index in [2.05, 4.69) is 25.3 Å². The smallest absolute Gasteiger partial charge is 0.321 e. The molecule has 0 spiro atoms. The second kappa shape index (κ2) is 6.60. The Morgan fingerprint density at radius 1 is 1.33 bits per heavy atom. The molecule has 0 bridgehead atoms. The van der Waals surface area contributed by atoms with Gasteiger partial charge in [-0.3, -0.25) is 9.78 Å². The van der Waals surface area contributed by atoms with Crippen molar-refractivity contribution in [3.63, 3.8) is 0 Å². The zero-order valence-electron chi connectivity index (χ0n) is 12.1. The van der Waals surface area contributed by atoms with Crippen LogP contribution in [0.15, 0.2) is 24.5 Å². The monoisotopic (exact) mass is 288 g/mol. The number of aromatic nitrogens is 4. The number of anilines is 1. The van der Waals surface area contributed by atoms with E-state index in [1.165, 1.54) is 13.3 Å². The van der Waals surface area contributed by atoms with Gasteiger partial charge < -0.3 is 15.0 Å². The van der Waals surface area contributed by atoms with Crippen LogP contribution in [-0.4, -0.2) is 47.0 Å². The summed E-state index contributed by atoms with van der Waals surface area (Å²) in [5.74, 6) is 0.643. The molecule has 0 saturated heterocycles. The summed E-state index contributed by atoms with van der Waals surface area (Å²) in [6.07, 6.45) is 3.10. The predicted octanol–water partition coefficient (Wildman–Crippen LogP) is 0.271. The molecule has 0 radical (unpaired) electrons. The van der Waals surface area contributed by atoms with Crippen LogP contribution in [0.25, 0.3) is 0 Å². The molecular formula is C13H16N6O2. The first kappa shape index (κ1) is 14.6. The lowest BCUT2D eigenvalue weighted by Gasteiger charge is -2.12. The maximum Gasteiger partial charge on any atom is 0.321 e. The number of nitrogens with zero attached hydrogens (tertiary/aromatic N) is 5. The molecule has 0 fully saturated rings. The van der Waals surface area contributed by atoms with E-state index in [1.54, 1.807) is 23.2 Å². The summed E-state index contributed by atoms with van der Waals surface area (Å²) in [6, 6.07) is 3.59. The highest BCUT2D eigenvalue weighted by Crippen LogP contribution is 2.09. The summed E-state index contributed by atoms with van der Waals surface area (Å²) >= 11 is 0. The first-order valence-electron chi connectivity index (χ1n) is 6.24. The van der Waals surface area contributed by atoms with Gasteiger partial charge in [-0.1, -0.05) is 0 Å². The van der Waals surface area contributed by atoms with Gasteiger partial charge in [0, 0.05) is 26.5 Å². The van der Waals surface area contributed by atoms with Gasteiger partial charge in [-0.05, 0) is 12.1 Å². The van der Waals surface area contributed by atoms with Crippen LogP contribution in [0.5, 0.6) is 6.01 Å². The maximum atomic E-state index is 11.9. The predicted molar refractivity (Wildman–Crippen MR) is 76.1 cm³/mol. The van der Waals surface area contributed by atoms with Gasteiger partial charge in [0.1, 0.15) is 0 Å². The zero-order valence-corrected chi connectivity index (χ0v) is 12.1. The van der Waals surface area contributed by atoms with Crippen LogP contribution >= 0.6 is 0 Å². The first-order valence-corrected chi connectivity index (χ1v) is 6.24. The summed E-state index contributed by atoms with van der Waals surface area (Å²) in [6.45, 7) is 0.174. The van der Waals surface area contributed by atoms with Crippen molar-refractivity contribution in [3.8, 4) is 6.01 Å². The van der Waals surface area contributed by atoms with Crippen molar-refractivity contribution in [3.05, 3.63) is 35.9 Å². The summed E-state index contributed by atoms with van der Waals surface area (Å²) in [4.78, 5) is 30.0. The third-order valence-electron chi connectivity index (χ3n) is 2.56. The molecule has 2 rings (SSSR count). The van der Waals surface area contributed by atoms with E-state index in [1.807, 2.05) is 14.1 Å². The number of carbonyl (C=O) groups excluding carboxylic acids is 1. The molecule has 0 aliphatic rings. The molecule has 8 nitrogen and oxygen atoms in total. The highest BCUT2D eigenvalue weighted by molar-refractivity contribution is 5.93. The average molecular weight is 288 g/mol. The molecule has 8 heteroatoms. The van der Waals surface area contributed by atoms with Gasteiger partial charge in [0.05, 0.1) is 19.2 Å². The quantitative estimate of drug-likeness (QED) is 0.844. The topological polar surface area (TPSA) is 93.1 Å². The molecule has 0 saturated carbocycles. The highest BCUT2D eigenvalue weighted by Gasteiger charge is 2.10. The van der Waals surface area contributed by atoms with Crippen molar-refractivity contribution < 1.29 is 9.53 Å². The Morgan fingerprint density at radius 2 is 2.14 bits per heavy atom. The van der Waals surface area contributed by atoms with Crippen molar-refractivity contribution >= 4 is 11.9 Å². The number of hydrogen-bond donors (Lipinski definition) is 1. The minimum Gasteiger partial charge on any atom is -0.467 e. The first-order chi connectivity index (χ1) is 10.1. The lowest BCUT2D eigenvalue weighted by atomic mass is 10.3. The number of carbonyl (C=O) groups is 1. The van der Waals surface area contributed by atoms with Crippen molar-refractivity contribution in [2.45, 2.75) is 6.54 Å². The normalized spacial score (nSPS) is 10.0. The molecule has 0 aliphatic carbocycles. The Bertz CT molecular complexity index is 617. The molecule has 2 aromatic rings. The second-order valence-electron chi connectivity index (χ2n) is 4.36. The number of nitrogens with one attached hydrogen (secondary N) is 1. The Balaban J connectivity index is 2.09. The molecule has 1 amide bonds. The van der Waals surface area contributed by atoms with Crippen molar-refractivity contribution in [2.24, 2.45) is 0 Å². The van der Waals surface area contributed by atoms with E-state index >= 15 is 0 Å². The second-order valence-corrected chi connectivity index (χ2v) is 4.36. The van der Waals surface area contributed by atoms with E-state index in [4.69, 9.17) is 4.74 Å². The minimum absolute atomic E-state index is 0.174. The van der Waals surface area contributed by atoms with Gasteiger partial charge in [0.15, 0.2) is 5.82 Å². The van der Waals surface area contributed by atoms with Crippen molar-refractivity contribution in [1.29, 1.82) is 0 Å². The largest absolute Gasteiger partial charge is 0.467 e. The van der Waals surface area contributed by atoms with Crippen LogP contribution in [0.2, 0.25) is 0 Å². The molecule has 21 heavy (non-hydrogen) atoms. The third kappa shape index (κ3) is 3.85. The van der Waals surface area contributed by atoms with Crippen LogP contribution in [0.1, 0.15) is 16.2 Å². The Labute approximate surface area is 122 Å². The summed E-state index contributed by atoms with van der Waals surface area (Å²) in [5.41, 5.74) is 0.478. The Kier molecular flexibility index (Phi) is 4.60. The van der Waals surface area contributed by atoms with Gasteiger partial charge in [0.25, 0.3) is 5.91 Å². The molecule has 1 N–H and O–H groups in total. The van der Waals surface area contributed by atoms with Crippen LogP contribution in [-0.2, 0) is 6.54 Å². The fourth-order valence-electron chi connectivity index (χ4n) is 1.52. The van der Waals surface area contributed by atoms with E-state index in [-0.39, 0.29) is 18.5 Å². The molecular weight excluding hydrogens is 272 g/mol. The number of amides is 1. The molecule has 2 aromatic heterocycles. The maximum absolute atomic E-state index is 11.9. The van der Waals surface area contributed by atoms with E-state index in [0.717, 1.165) is 0 Å². The van der Waals surface area contributed by atoms with Gasteiger partial charge in [-0.25, -0.2) is 0 Å². The number of ether oxygens (including phenoxy) is 1. The summed E-state index contributed by atoms with van der Waals surface area (Å²) < 4.78 is 5.03. The van der Waals surface area contributed by atoms with E-state index < -0.39 is 0 Å². The lowest BCUT2D eigenvalue weighted by Crippen LogP contribution is -2.25. The highest BCUT2D eigenvalue weighted by atomic mass is 16.5. The molecule has 0 aromatic carbocycles. The summed E-state index contributed by atoms with van der Waals surface area (Å²) in [5, 5.41) is 2.73. The Morgan fingerprint density at radius 3 is 2.76 bits per heavy atom. The zero-order chi connectivity index (χ0) is 15.2. The standard InChI is InChI=1S/C13H16N6O2/c1-19(2)12-16-10(17-13(18-12)21-3)8-15-11(20)9-5-4-6-14-7-9/h4-7H,8H2,1-3H3,(H,15,20). The van der Waals surface area contributed by atoms with Crippen LogP contribution in [0.4, 0.5) is 5.95 Å². The van der Waals surface area contributed by atoms with E-state index in [9.17, 15) is 4.79 Å². The van der Waals surface area contributed by atoms with E-state index in [0.29, 0.717) is 17.3 Å². The van der Waals surface area contributed by atoms with Gasteiger partial charge in [-0.15, -0.1) is 0 Å². The number of methoxy groups -OCH3 is 1. The molecule has 0 atom stereocenters. The van der Waals surface area contributed by atoms with Crippen molar-refractivity contribution in [2.75, 3.05) is 26.1 Å². The molecule has 0 aliphatic heterocycles. The molecule has 2 heterocycles. The average Bonchev–Trinajstić information content (AvgIpc) is 2.53. The van der Waals surface area contributed by atoms with Gasteiger partial charge >= 0.3 is 6.01 Å². The van der Waals surface area contributed by atoms with Gasteiger partial charge in [-0.2, -0.15) is 15.0 Å². The fourth-order valence-corrected chi connectivity index (χ4v) is 1.52. The third-order valence-corrected chi connectivity index (χ3v) is 2.56. The molecule has 0 unspecified atom stereocenters. The van der Waals surface area contributed by atoms with Crippen molar-refractivity contribution in [1.82, 2.24) is 25.3 Å².